The fourth-order valence-electron chi connectivity index (χ4n) is 4.11. The van der Waals surface area contributed by atoms with Gasteiger partial charge in [-0.05, 0) is 30.3 Å². The van der Waals surface area contributed by atoms with Gasteiger partial charge in [-0.3, -0.25) is 14.5 Å². The fraction of sp³-hybridized carbons (Fsp3) is 0.455. The number of piperidine rings is 1. The van der Waals surface area contributed by atoms with Crippen molar-refractivity contribution in [1.29, 1.82) is 0 Å². The number of aromatic nitrogens is 1. The van der Waals surface area contributed by atoms with Gasteiger partial charge in [0.1, 0.15) is 36.6 Å². The van der Waals surface area contributed by atoms with Gasteiger partial charge in [0, 0.05) is 24.7 Å². The minimum absolute atomic E-state index is 0.0410. The maximum Gasteiger partial charge on any atom is 0.522 e. The Morgan fingerprint density at radius 1 is 1.26 bits per heavy atom. The Morgan fingerprint density at radius 3 is 2.82 bits per heavy atom. The molecule has 1 amide bonds. The molecule has 4 rings (SSSR count). The first kappa shape index (κ1) is 24.2. The Balaban J connectivity index is 1.44. The van der Waals surface area contributed by atoms with Crippen molar-refractivity contribution in [1.82, 2.24) is 9.88 Å². The number of hydrogen-bond donors (Lipinski definition) is 0. The van der Waals surface area contributed by atoms with E-state index in [1.807, 2.05) is 0 Å². The summed E-state index contributed by atoms with van der Waals surface area (Å²) in [4.78, 5) is 18.9. The smallest absolute Gasteiger partial charge is 0.493 e. The second-order valence-corrected chi connectivity index (χ2v) is 7.65. The Bertz CT molecular complexity index is 1040. The molecule has 0 aliphatic carbocycles. The molecule has 1 aromatic heterocycles. The second-order valence-electron chi connectivity index (χ2n) is 7.65. The van der Waals surface area contributed by atoms with Gasteiger partial charge in [0.15, 0.2) is 11.5 Å². The molecule has 2 aromatic rings. The van der Waals surface area contributed by atoms with Gasteiger partial charge in [0.2, 0.25) is 0 Å². The van der Waals surface area contributed by atoms with Crippen LogP contribution in [0.3, 0.4) is 0 Å². The number of likely N-dealkylation sites (tertiary alicyclic amines) is 1. The quantitative estimate of drug-likeness (QED) is 0.439. The van der Waals surface area contributed by atoms with E-state index >= 15 is 0 Å². The molecular weight excluding hydrogens is 464 g/mol. The molecule has 0 spiro atoms. The lowest BCUT2D eigenvalue weighted by Crippen LogP contribution is -2.54. The predicted molar refractivity (Wildman–Crippen MR) is 108 cm³/mol. The molecule has 3 heterocycles. The van der Waals surface area contributed by atoms with Gasteiger partial charge in [-0.25, -0.2) is 4.39 Å². The summed E-state index contributed by atoms with van der Waals surface area (Å²) in [6, 6.07) is 7.15. The molecule has 12 heteroatoms. The molecule has 184 valence electrons. The summed E-state index contributed by atoms with van der Waals surface area (Å²) < 4.78 is 76.3. The highest BCUT2D eigenvalue weighted by molar-refractivity contribution is 5.95. The number of amides is 1. The number of carbonyl (C=O) groups excluding carboxylic acids is 1. The minimum Gasteiger partial charge on any atom is -0.493 e. The second kappa shape index (κ2) is 9.72. The fourth-order valence-corrected chi connectivity index (χ4v) is 4.11. The summed E-state index contributed by atoms with van der Waals surface area (Å²) in [7, 11) is 1.35. The molecular formula is C22H22F4N2O6. The lowest BCUT2D eigenvalue weighted by molar-refractivity contribution is -0.325. The lowest BCUT2D eigenvalue weighted by atomic mass is 9.84. The topological polar surface area (TPSA) is 79.4 Å². The number of benzene rings is 1. The normalized spacial score (nSPS) is 22.4. The SMILES string of the molecule is COc1cc(C(=O)N2CCC3(c4ncccc4F)OCOC3C2)ccc1OCCOC(F)(F)F. The largest absolute Gasteiger partial charge is 0.522 e. The van der Waals surface area contributed by atoms with Gasteiger partial charge in [-0.2, -0.15) is 0 Å². The summed E-state index contributed by atoms with van der Waals surface area (Å²) in [5.41, 5.74) is -0.635. The lowest BCUT2D eigenvalue weighted by Gasteiger charge is -2.41. The molecule has 0 saturated carbocycles. The Hall–Kier alpha value is -2.96. The molecule has 2 saturated heterocycles. The van der Waals surface area contributed by atoms with E-state index in [4.69, 9.17) is 18.9 Å². The Morgan fingerprint density at radius 2 is 2.09 bits per heavy atom. The highest BCUT2D eigenvalue weighted by atomic mass is 19.4. The Kier molecular flexibility index (Phi) is 6.91. The van der Waals surface area contributed by atoms with Crippen molar-refractivity contribution in [3.63, 3.8) is 0 Å². The summed E-state index contributed by atoms with van der Waals surface area (Å²) in [6.07, 6.45) is -3.58. The number of ether oxygens (including phenoxy) is 5. The van der Waals surface area contributed by atoms with Gasteiger partial charge in [-0.1, -0.05) is 0 Å². The van der Waals surface area contributed by atoms with Gasteiger partial charge in [-0.15, -0.1) is 13.2 Å². The van der Waals surface area contributed by atoms with Crippen LogP contribution in [0.25, 0.3) is 0 Å². The molecule has 34 heavy (non-hydrogen) atoms. The van der Waals surface area contributed by atoms with E-state index in [2.05, 4.69) is 9.72 Å². The van der Waals surface area contributed by atoms with Crippen molar-refractivity contribution in [2.75, 3.05) is 40.2 Å². The number of alkyl halides is 3. The summed E-state index contributed by atoms with van der Waals surface area (Å²) in [6.45, 7) is -0.668. The van der Waals surface area contributed by atoms with Crippen molar-refractivity contribution in [3.8, 4) is 11.5 Å². The zero-order valence-corrected chi connectivity index (χ0v) is 18.1. The standard InChI is InChI=1S/C22H22F4N2O6/c1-30-17-11-14(4-5-16(17)31-9-10-33-22(24,25)26)20(29)28-8-6-21(18(12-28)32-13-34-21)19-15(23)3-2-7-27-19/h2-5,7,11,18H,6,8-10,12-13H2,1H3. The maximum atomic E-state index is 14.5. The number of rotatable bonds is 7. The highest BCUT2D eigenvalue weighted by Crippen LogP contribution is 2.43. The van der Waals surface area contributed by atoms with Crippen molar-refractivity contribution in [2.24, 2.45) is 0 Å². The number of hydrogen-bond acceptors (Lipinski definition) is 7. The molecule has 2 aliphatic rings. The maximum absolute atomic E-state index is 14.5. The molecule has 2 atom stereocenters. The number of carbonyl (C=O) groups is 1. The van der Waals surface area contributed by atoms with E-state index in [0.717, 1.165) is 0 Å². The molecule has 2 fully saturated rings. The summed E-state index contributed by atoms with van der Waals surface area (Å²) >= 11 is 0. The zero-order chi connectivity index (χ0) is 24.3. The van der Waals surface area contributed by atoms with E-state index in [1.54, 1.807) is 4.90 Å². The number of pyridine rings is 1. The zero-order valence-electron chi connectivity index (χ0n) is 18.1. The summed E-state index contributed by atoms with van der Waals surface area (Å²) in [5, 5.41) is 0. The Labute approximate surface area is 192 Å². The van der Waals surface area contributed by atoms with E-state index < -0.39 is 30.5 Å². The molecule has 8 nitrogen and oxygen atoms in total. The number of methoxy groups -OCH3 is 1. The molecule has 0 radical (unpaired) electrons. The monoisotopic (exact) mass is 486 g/mol. The average Bonchev–Trinajstić information content (AvgIpc) is 3.25. The minimum atomic E-state index is -4.74. The first-order chi connectivity index (χ1) is 16.2. The van der Waals surface area contributed by atoms with Crippen LogP contribution in [-0.4, -0.2) is 68.5 Å². The number of halogens is 4. The van der Waals surface area contributed by atoms with Crippen molar-refractivity contribution >= 4 is 5.91 Å². The van der Waals surface area contributed by atoms with E-state index in [9.17, 15) is 22.4 Å². The number of fused-ring (bicyclic) bond motifs is 1. The average molecular weight is 486 g/mol. The van der Waals surface area contributed by atoms with Crippen LogP contribution in [0.15, 0.2) is 36.5 Å². The summed E-state index contributed by atoms with van der Waals surface area (Å²) in [5.74, 6) is -0.476. The van der Waals surface area contributed by atoms with Crippen LogP contribution >= 0.6 is 0 Å². The molecule has 1 aromatic carbocycles. The van der Waals surface area contributed by atoms with Crippen molar-refractivity contribution < 1.29 is 46.0 Å². The van der Waals surface area contributed by atoms with Crippen LogP contribution in [0.2, 0.25) is 0 Å². The van der Waals surface area contributed by atoms with Crippen molar-refractivity contribution in [3.05, 3.63) is 53.6 Å². The third-order valence-corrected chi connectivity index (χ3v) is 5.71. The predicted octanol–water partition coefficient (Wildman–Crippen LogP) is 3.26. The van der Waals surface area contributed by atoms with Gasteiger partial charge in [0.05, 0.1) is 20.3 Å². The molecule has 2 unspecified atom stereocenters. The molecule has 2 aliphatic heterocycles. The van der Waals surface area contributed by atoms with Crippen LogP contribution in [0.1, 0.15) is 22.5 Å². The van der Waals surface area contributed by atoms with E-state index in [0.29, 0.717) is 0 Å². The third-order valence-electron chi connectivity index (χ3n) is 5.71. The van der Waals surface area contributed by atoms with E-state index in [-0.39, 0.29) is 61.6 Å². The van der Waals surface area contributed by atoms with Crippen LogP contribution in [0, 0.1) is 5.82 Å². The third kappa shape index (κ3) is 4.93. The van der Waals surface area contributed by atoms with Gasteiger partial charge >= 0.3 is 6.36 Å². The van der Waals surface area contributed by atoms with Gasteiger partial charge < -0.3 is 23.8 Å². The van der Waals surface area contributed by atoms with Crippen LogP contribution in [-0.2, 0) is 19.8 Å². The molecule has 0 bridgehead atoms. The van der Waals surface area contributed by atoms with E-state index in [1.165, 1.54) is 43.6 Å². The van der Waals surface area contributed by atoms with Crippen molar-refractivity contribution in [2.45, 2.75) is 24.5 Å². The molecule has 0 N–H and O–H groups in total. The first-order valence-electron chi connectivity index (χ1n) is 10.4. The van der Waals surface area contributed by atoms with Gasteiger partial charge in [0.25, 0.3) is 5.91 Å². The number of nitrogens with zero attached hydrogens (tertiary/aromatic N) is 2. The van der Waals surface area contributed by atoms with Crippen LogP contribution < -0.4 is 9.47 Å². The first-order valence-corrected chi connectivity index (χ1v) is 10.4. The highest BCUT2D eigenvalue weighted by Gasteiger charge is 2.53. The van der Waals surface area contributed by atoms with Crippen LogP contribution in [0.4, 0.5) is 17.6 Å². The van der Waals surface area contributed by atoms with Crippen LogP contribution in [0.5, 0.6) is 11.5 Å².